The molecule has 1 saturated carbocycles. The topological polar surface area (TPSA) is 79.1 Å². The first-order valence-electron chi connectivity index (χ1n) is 8.52. The fourth-order valence-electron chi connectivity index (χ4n) is 2.59. The second-order valence-corrected chi connectivity index (χ2v) is 6.41. The largest absolute Gasteiger partial charge is 0.378 e. The van der Waals surface area contributed by atoms with Crippen LogP contribution in [0.3, 0.4) is 0 Å². The number of benzene rings is 1. The summed E-state index contributed by atoms with van der Waals surface area (Å²) in [6, 6.07) is 8.20. The van der Waals surface area contributed by atoms with E-state index in [-0.39, 0.29) is 0 Å². The number of nitrogens with two attached hydrogens (primary N) is 1. The Kier molecular flexibility index (Phi) is 5.15. The van der Waals surface area contributed by atoms with Gasteiger partial charge < -0.3 is 21.3 Å². The highest BCUT2D eigenvalue weighted by atomic mass is 15.1. The van der Waals surface area contributed by atoms with Crippen molar-refractivity contribution in [3.63, 3.8) is 0 Å². The summed E-state index contributed by atoms with van der Waals surface area (Å²) in [7, 11) is 4.05. The number of hydrogen-bond donors (Lipinski definition) is 3. The van der Waals surface area contributed by atoms with Gasteiger partial charge in [-0.05, 0) is 49.9 Å². The van der Waals surface area contributed by atoms with Crippen molar-refractivity contribution in [1.82, 2.24) is 9.97 Å². The number of nitrogens with zero attached hydrogens (tertiary/aromatic N) is 3. The van der Waals surface area contributed by atoms with Crippen molar-refractivity contribution in [2.75, 3.05) is 42.7 Å². The molecule has 6 nitrogen and oxygen atoms in total. The minimum Gasteiger partial charge on any atom is -0.378 e. The van der Waals surface area contributed by atoms with Gasteiger partial charge >= 0.3 is 0 Å². The second kappa shape index (κ2) is 7.49. The van der Waals surface area contributed by atoms with Crippen molar-refractivity contribution in [1.29, 1.82) is 0 Å². The molecule has 0 bridgehead atoms. The molecule has 1 fully saturated rings. The molecule has 0 atom stereocenters. The third kappa shape index (κ3) is 4.14. The third-order valence-corrected chi connectivity index (χ3v) is 4.13. The zero-order valence-corrected chi connectivity index (χ0v) is 14.4. The van der Waals surface area contributed by atoms with Gasteiger partial charge in [0, 0.05) is 43.8 Å². The van der Waals surface area contributed by atoms with E-state index in [1.807, 2.05) is 32.4 Å². The summed E-state index contributed by atoms with van der Waals surface area (Å²) >= 11 is 0. The maximum Gasteiger partial charge on any atom is 0.229 e. The van der Waals surface area contributed by atoms with Gasteiger partial charge in [-0.25, -0.2) is 4.98 Å². The maximum absolute atomic E-state index is 5.58. The SMILES string of the molecule is CN(C)c1cccc(Nc2ncc(C3CC3)c(NCCCN)n2)c1. The zero-order chi connectivity index (χ0) is 16.9. The Bertz CT molecular complexity index is 681. The minimum absolute atomic E-state index is 0.608. The van der Waals surface area contributed by atoms with Crippen molar-refractivity contribution in [2.24, 2.45) is 5.73 Å². The van der Waals surface area contributed by atoms with Crippen molar-refractivity contribution >= 4 is 23.1 Å². The summed E-state index contributed by atoms with van der Waals surface area (Å²) in [4.78, 5) is 11.3. The normalized spacial score (nSPS) is 13.6. The van der Waals surface area contributed by atoms with Crippen molar-refractivity contribution in [2.45, 2.75) is 25.2 Å². The molecule has 0 amide bonds. The highest BCUT2D eigenvalue weighted by Gasteiger charge is 2.27. The number of aromatic nitrogens is 2. The van der Waals surface area contributed by atoms with Crippen molar-refractivity contribution < 1.29 is 0 Å². The molecule has 3 rings (SSSR count). The number of anilines is 4. The van der Waals surface area contributed by atoms with Crippen LogP contribution in [0.4, 0.5) is 23.1 Å². The van der Waals surface area contributed by atoms with Gasteiger partial charge in [0.1, 0.15) is 5.82 Å². The molecule has 1 aliphatic rings. The molecular formula is C18H26N6. The molecule has 1 aliphatic carbocycles. The van der Waals surface area contributed by atoms with Gasteiger partial charge in [-0.2, -0.15) is 4.98 Å². The molecule has 4 N–H and O–H groups in total. The zero-order valence-electron chi connectivity index (χ0n) is 14.4. The van der Waals surface area contributed by atoms with Crippen LogP contribution in [0.25, 0.3) is 0 Å². The number of hydrogen-bond acceptors (Lipinski definition) is 6. The molecule has 1 heterocycles. The Morgan fingerprint density at radius 3 is 2.83 bits per heavy atom. The Balaban J connectivity index is 1.77. The Morgan fingerprint density at radius 1 is 1.29 bits per heavy atom. The molecule has 2 aromatic rings. The standard InChI is InChI=1S/C18H26N6/c1-24(2)15-6-3-5-14(11-15)22-18-21-12-16(13-7-8-13)17(23-18)20-10-4-9-19/h3,5-6,11-13H,4,7-10,19H2,1-2H3,(H2,20,21,22,23). The molecule has 1 aromatic carbocycles. The van der Waals surface area contributed by atoms with E-state index in [0.29, 0.717) is 18.4 Å². The first-order chi connectivity index (χ1) is 11.7. The molecule has 0 spiro atoms. The lowest BCUT2D eigenvalue weighted by molar-refractivity contribution is 0.865. The molecule has 0 aliphatic heterocycles. The maximum atomic E-state index is 5.58. The summed E-state index contributed by atoms with van der Waals surface area (Å²) in [6.45, 7) is 1.52. The lowest BCUT2D eigenvalue weighted by Crippen LogP contribution is -2.12. The van der Waals surface area contributed by atoms with Gasteiger partial charge in [-0.3, -0.25) is 0 Å². The second-order valence-electron chi connectivity index (χ2n) is 6.41. The summed E-state index contributed by atoms with van der Waals surface area (Å²) in [5.41, 5.74) is 8.92. The average molecular weight is 326 g/mol. The van der Waals surface area contributed by atoms with Gasteiger partial charge in [0.2, 0.25) is 5.95 Å². The quantitative estimate of drug-likeness (QED) is 0.647. The summed E-state index contributed by atoms with van der Waals surface area (Å²) < 4.78 is 0. The van der Waals surface area contributed by atoms with E-state index in [2.05, 4.69) is 37.6 Å². The molecule has 0 radical (unpaired) electrons. The summed E-state index contributed by atoms with van der Waals surface area (Å²) in [6.07, 6.45) is 5.34. The van der Waals surface area contributed by atoms with E-state index in [1.54, 1.807) is 0 Å². The monoisotopic (exact) mass is 326 g/mol. The Hall–Kier alpha value is -2.34. The molecule has 128 valence electrons. The first kappa shape index (κ1) is 16.5. The molecule has 24 heavy (non-hydrogen) atoms. The van der Waals surface area contributed by atoms with Crippen LogP contribution in [0.5, 0.6) is 0 Å². The highest BCUT2D eigenvalue weighted by Crippen LogP contribution is 2.42. The third-order valence-electron chi connectivity index (χ3n) is 4.13. The van der Waals surface area contributed by atoms with Crippen LogP contribution in [0.15, 0.2) is 30.5 Å². The minimum atomic E-state index is 0.608. The van der Waals surface area contributed by atoms with Crippen LogP contribution in [0.1, 0.15) is 30.7 Å². The molecule has 0 saturated heterocycles. The number of nitrogens with one attached hydrogen (secondary N) is 2. The average Bonchev–Trinajstić information content (AvgIpc) is 3.40. The van der Waals surface area contributed by atoms with E-state index >= 15 is 0 Å². The van der Waals surface area contributed by atoms with Gasteiger partial charge in [0.05, 0.1) is 0 Å². The van der Waals surface area contributed by atoms with Gasteiger partial charge in [0.25, 0.3) is 0 Å². The fraction of sp³-hybridized carbons (Fsp3) is 0.444. The molecule has 6 heteroatoms. The molecular weight excluding hydrogens is 300 g/mol. The molecule has 1 aromatic heterocycles. The van der Waals surface area contributed by atoms with Crippen LogP contribution >= 0.6 is 0 Å². The van der Waals surface area contributed by atoms with Crippen molar-refractivity contribution in [3.05, 3.63) is 36.0 Å². The lowest BCUT2D eigenvalue weighted by Gasteiger charge is -2.15. The van der Waals surface area contributed by atoms with E-state index < -0.39 is 0 Å². The Morgan fingerprint density at radius 2 is 2.12 bits per heavy atom. The van der Waals surface area contributed by atoms with E-state index in [4.69, 9.17) is 5.73 Å². The van der Waals surface area contributed by atoms with E-state index in [9.17, 15) is 0 Å². The Labute approximate surface area is 143 Å². The van der Waals surface area contributed by atoms with E-state index in [0.717, 1.165) is 30.2 Å². The van der Waals surface area contributed by atoms with E-state index in [1.165, 1.54) is 18.4 Å². The summed E-state index contributed by atoms with van der Waals surface area (Å²) in [5.74, 6) is 2.16. The van der Waals surface area contributed by atoms with Gasteiger partial charge in [-0.1, -0.05) is 6.07 Å². The van der Waals surface area contributed by atoms with Crippen LogP contribution < -0.4 is 21.3 Å². The smallest absolute Gasteiger partial charge is 0.229 e. The van der Waals surface area contributed by atoms with Crippen LogP contribution in [-0.2, 0) is 0 Å². The van der Waals surface area contributed by atoms with Crippen LogP contribution in [0.2, 0.25) is 0 Å². The van der Waals surface area contributed by atoms with Gasteiger partial charge in [-0.15, -0.1) is 0 Å². The number of rotatable bonds is 8. The highest BCUT2D eigenvalue weighted by molar-refractivity contribution is 5.63. The van der Waals surface area contributed by atoms with Gasteiger partial charge in [0.15, 0.2) is 0 Å². The first-order valence-corrected chi connectivity index (χ1v) is 8.52. The predicted octanol–water partition coefficient (Wildman–Crippen LogP) is 2.92. The fourth-order valence-corrected chi connectivity index (χ4v) is 2.59. The summed E-state index contributed by atoms with van der Waals surface area (Å²) in [5, 5.41) is 6.71. The lowest BCUT2D eigenvalue weighted by atomic mass is 10.2. The van der Waals surface area contributed by atoms with Crippen LogP contribution in [-0.4, -0.2) is 37.2 Å². The molecule has 0 unspecified atom stereocenters. The van der Waals surface area contributed by atoms with Crippen molar-refractivity contribution in [3.8, 4) is 0 Å². The predicted molar refractivity (Wildman–Crippen MR) is 100 cm³/mol. The van der Waals surface area contributed by atoms with Crippen LogP contribution in [0, 0.1) is 0 Å².